The van der Waals surface area contributed by atoms with Gasteiger partial charge in [0.05, 0.1) is 11.3 Å². The highest BCUT2D eigenvalue weighted by atomic mass is 79.9. The van der Waals surface area contributed by atoms with Crippen molar-refractivity contribution in [2.75, 3.05) is 7.11 Å². The second-order valence-corrected chi connectivity index (χ2v) is 6.09. The average molecular weight is 352 g/mol. The van der Waals surface area contributed by atoms with E-state index in [1.165, 1.54) is 6.33 Å². The molecule has 0 aliphatic carbocycles. The van der Waals surface area contributed by atoms with Crippen LogP contribution in [0.5, 0.6) is 0 Å². The maximum Gasteiger partial charge on any atom is 0.138 e. The standard InChI is InChI=1S/C15H18BrN3O2/c1-15(2,21-3)14(20)13(19-10-17-9-18-19)8-11-4-6-12(16)7-5-11/h4-10,14,20H,1-3H3. The number of benzene rings is 1. The molecule has 21 heavy (non-hydrogen) atoms. The Labute approximate surface area is 132 Å². The molecule has 5 nitrogen and oxygen atoms in total. The summed E-state index contributed by atoms with van der Waals surface area (Å²) in [6.07, 6.45) is 4.00. The fraction of sp³-hybridized carbons (Fsp3) is 0.333. The van der Waals surface area contributed by atoms with Crippen LogP contribution < -0.4 is 0 Å². The van der Waals surface area contributed by atoms with Gasteiger partial charge in [0, 0.05) is 11.6 Å². The summed E-state index contributed by atoms with van der Waals surface area (Å²) >= 11 is 3.40. The van der Waals surface area contributed by atoms with Crippen LogP contribution in [-0.2, 0) is 4.74 Å². The Hall–Kier alpha value is -1.50. The van der Waals surface area contributed by atoms with E-state index < -0.39 is 11.7 Å². The van der Waals surface area contributed by atoms with Gasteiger partial charge in [-0.25, -0.2) is 9.67 Å². The Morgan fingerprint density at radius 3 is 2.57 bits per heavy atom. The van der Waals surface area contributed by atoms with Crippen molar-refractivity contribution in [1.82, 2.24) is 14.8 Å². The number of aromatic nitrogens is 3. The van der Waals surface area contributed by atoms with E-state index in [0.29, 0.717) is 5.70 Å². The third kappa shape index (κ3) is 3.78. The summed E-state index contributed by atoms with van der Waals surface area (Å²) in [6.45, 7) is 3.65. The number of halogens is 1. The third-order valence-corrected chi connectivity index (χ3v) is 3.86. The van der Waals surface area contributed by atoms with Crippen LogP contribution in [0.25, 0.3) is 11.8 Å². The first-order chi connectivity index (χ1) is 9.94. The molecule has 2 aromatic rings. The highest BCUT2D eigenvalue weighted by Crippen LogP contribution is 2.25. The van der Waals surface area contributed by atoms with Gasteiger partial charge in [-0.3, -0.25) is 0 Å². The number of rotatable bonds is 5. The lowest BCUT2D eigenvalue weighted by Gasteiger charge is -2.30. The molecule has 0 spiro atoms. The molecule has 0 bridgehead atoms. The highest BCUT2D eigenvalue weighted by molar-refractivity contribution is 9.10. The third-order valence-electron chi connectivity index (χ3n) is 3.33. The number of aliphatic hydroxyl groups excluding tert-OH is 1. The van der Waals surface area contributed by atoms with Crippen LogP contribution in [0, 0.1) is 0 Å². The zero-order valence-corrected chi connectivity index (χ0v) is 13.8. The topological polar surface area (TPSA) is 60.2 Å². The van der Waals surface area contributed by atoms with Crippen LogP contribution in [0.1, 0.15) is 19.4 Å². The molecule has 0 amide bonds. The van der Waals surface area contributed by atoms with Crippen molar-refractivity contribution in [2.24, 2.45) is 0 Å². The summed E-state index contributed by atoms with van der Waals surface area (Å²) in [5.41, 5.74) is 0.809. The molecule has 0 aliphatic rings. The Morgan fingerprint density at radius 2 is 2.05 bits per heavy atom. The van der Waals surface area contributed by atoms with E-state index in [0.717, 1.165) is 10.0 Å². The van der Waals surface area contributed by atoms with Crippen LogP contribution >= 0.6 is 15.9 Å². The van der Waals surface area contributed by atoms with Crippen molar-refractivity contribution >= 4 is 27.7 Å². The van der Waals surface area contributed by atoms with Gasteiger partial charge in [0.25, 0.3) is 0 Å². The van der Waals surface area contributed by atoms with Crippen molar-refractivity contribution in [3.05, 3.63) is 47.0 Å². The van der Waals surface area contributed by atoms with Gasteiger partial charge >= 0.3 is 0 Å². The van der Waals surface area contributed by atoms with Gasteiger partial charge in [-0.05, 0) is 37.6 Å². The lowest BCUT2D eigenvalue weighted by molar-refractivity contribution is -0.0539. The van der Waals surface area contributed by atoms with Crippen LogP contribution in [0.3, 0.4) is 0 Å². The molecule has 2 rings (SSSR count). The van der Waals surface area contributed by atoms with Crippen LogP contribution in [0.2, 0.25) is 0 Å². The normalized spacial score (nSPS) is 14.2. The first-order valence-corrected chi connectivity index (χ1v) is 7.29. The first-order valence-electron chi connectivity index (χ1n) is 6.49. The number of methoxy groups -OCH3 is 1. The zero-order valence-electron chi connectivity index (χ0n) is 12.2. The number of aliphatic hydroxyl groups is 1. The Kier molecular flexibility index (Phi) is 4.92. The minimum Gasteiger partial charge on any atom is -0.384 e. The summed E-state index contributed by atoms with van der Waals surface area (Å²) in [5.74, 6) is 0. The Balaban J connectivity index is 2.44. The maximum atomic E-state index is 10.6. The predicted octanol–water partition coefficient (Wildman–Crippen LogP) is 2.82. The molecular weight excluding hydrogens is 334 g/mol. The molecule has 1 aromatic carbocycles. The quantitative estimate of drug-likeness (QED) is 0.899. The first kappa shape index (κ1) is 15.9. The van der Waals surface area contributed by atoms with Gasteiger partial charge in [0.2, 0.25) is 0 Å². The van der Waals surface area contributed by atoms with Gasteiger partial charge in [0.15, 0.2) is 0 Å². The van der Waals surface area contributed by atoms with Crippen molar-refractivity contribution in [1.29, 1.82) is 0 Å². The molecule has 112 valence electrons. The van der Waals surface area contributed by atoms with Gasteiger partial charge in [-0.2, -0.15) is 5.10 Å². The molecular formula is C15H18BrN3O2. The van der Waals surface area contributed by atoms with Gasteiger partial charge in [-0.15, -0.1) is 0 Å². The van der Waals surface area contributed by atoms with E-state index in [4.69, 9.17) is 4.74 Å². The molecule has 1 atom stereocenters. The fourth-order valence-electron chi connectivity index (χ4n) is 1.81. The molecule has 1 aromatic heterocycles. The largest absolute Gasteiger partial charge is 0.384 e. The lowest BCUT2D eigenvalue weighted by atomic mass is 9.97. The van der Waals surface area contributed by atoms with E-state index in [1.807, 2.05) is 44.2 Å². The van der Waals surface area contributed by atoms with E-state index in [-0.39, 0.29) is 0 Å². The highest BCUT2D eigenvalue weighted by Gasteiger charge is 2.32. The fourth-order valence-corrected chi connectivity index (χ4v) is 2.07. The molecule has 1 unspecified atom stereocenters. The van der Waals surface area contributed by atoms with Crippen LogP contribution in [0.4, 0.5) is 0 Å². The molecule has 0 saturated heterocycles. The van der Waals surface area contributed by atoms with Crippen molar-refractivity contribution in [3.63, 3.8) is 0 Å². The van der Waals surface area contributed by atoms with Gasteiger partial charge in [0.1, 0.15) is 18.8 Å². The molecule has 1 heterocycles. The molecule has 0 aliphatic heterocycles. The monoisotopic (exact) mass is 351 g/mol. The summed E-state index contributed by atoms with van der Waals surface area (Å²) in [5, 5.41) is 14.7. The molecule has 0 saturated carbocycles. The predicted molar refractivity (Wildman–Crippen MR) is 85.4 cm³/mol. The zero-order chi connectivity index (χ0) is 15.5. The maximum absolute atomic E-state index is 10.6. The molecule has 1 N–H and O–H groups in total. The van der Waals surface area contributed by atoms with E-state index in [9.17, 15) is 5.11 Å². The molecule has 0 radical (unpaired) electrons. The second-order valence-electron chi connectivity index (χ2n) is 5.17. The number of hydrogen-bond acceptors (Lipinski definition) is 4. The Bertz CT molecular complexity index is 606. The number of hydrogen-bond donors (Lipinski definition) is 1. The van der Waals surface area contributed by atoms with E-state index in [1.54, 1.807) is 18.1 Å². The average Bonchev–Trinajstić information content (AvgIpc) is 3.00. The van der Waals surface area contributed by atoms with Crippen molar-refractivity contribution in [3.8, 4) is 0 Å². The smallest absolute Gasteiger partial charge is 0.138 e. The Morgan fingerprint density at radius 1 is 1.38 bits per heavy atom. The molecule has 6 heteroatoms. The minimum atomic E-state index is -0.854. The van der Waals surface area contributed by atoms with E-state index >= 15 is 0 Å². The van der Waals surface area contributed by atoms with Gasteiger partial charge in [-0.1, -0.05) is 28.1 Å². The van der Waals surface area contributed by atoms with E-state index in [2.05, 4.69) is 26.0 Å². The number of ether oxygens (including phenoxy) is 1. The molecule has 0 fully saturated rings. The van der Waals surface area contributed by atoms with Crippen molar-refractivity contribution < 1.29 is 9.84 Å². The summed E-state index contributed by atoms with van der Waals surface area (Å²) < 4.78 is 7.92. The number of nitrogens with zero attached hydrogens (tertiary/aromatic N) is 3. The summed E-state index contributed by atoms with van der Waals surface area (Å²) in [4.78, 5) is 3.94. The van der Waals surface area contributed by atoms with Crippen LogP contribution in [0.15, 0.2) is 41.4 Å². The van der Waals surface area contributed by atoms with Crippen molar-refractivity contribution in [2.45, 2.75) is 25.6 Å². The summed E-state index contributed by atoms with van der Waals surface area (Å²) in [7, 11) is 1.57. The SMILES string of the molecule is COC(C)(C)C(O)C(=Cc1ccc(Br)cc1)n1cncn1. The lowest BCUT2D eigenvalue weighted by Crippen LogP contribution is -2.40. The second kappa shape index (κ2) is 6.51. The van der Waals surface area contributed by atoms with Gasteiger partial charge < -0.3 is 9.84 Å². The summed E-state index contributed by atoms with van der Waals surface area (Å²) in [6, 6.07) is 7.79. The minimum absolute atomic E-state index is 0.599. The van der Waals surface area contributed by atoms with Crippen LogP contribution in [-0.4, -0.2) is 38.7 Å².